The number of aromatic nitrogens is 2. The number of nitrogens with zero attached hydrogens (tertiary/aromatic N) is 2. The molecule has 0 bridgehead atoms. The molecule has 5 nitrogen and oxygen atoms in total. The Balaban J connectivity index is 2.48. The highest BCUT2D eigenvalue weighted by molar-refractivity contribution is 7.10. The molecule has 2 heterocycles. The Morgan fingerprint density at radius 2 is 2.30 bits per heavy atom. The molecule has 20 heavy (non-hydrogen) atoms. The van der Waals surface area contributed by atoms with Crippen LogP contribution in [0.15, 0.2) is 17.6 Å². The van der Waals surface area contributed by atoms with Crippen molar-refractivity contribution in [1.82, 2.24) is 15.2 Å². The highest BCUT2D eigenvalue weighted by Gasteiger charge is 2.25. The van der Waals surface area contributed by atoms with E-state index in [0.717, 1.165) is 30.8 Å². The molecule has 2 aromatic heterocycles. The van der Waals surface area contributed by atoms with Crippen LogP contribution in [0.2, 0.25) is 0 Å². The Labute approximate surface area is 123 Å². The molecule has 6 heteroatoms. The third kappa shape index (κ3) is 2.72. The number of nitrogens with two attached hydrogens (primary N) is 1. The SMILES string of the molecule is CCCn1ncc(OC)c1C(NN)c1sccc1CC. The Kier molecular flexibility index (Phi) is 5.17. The molecular formula is C14H22N4OS. The van der Waals surface area contributed by atoms with Gasteiger partial charge >= 0.3 is 0 Å². The van der Waals surface area contributed by atoms with E-state index in [1.807, 2.05) is 4.68 Å². The largest absolute Gasteiger partial charge is 0.493 e. The summed E-state index contributed by atoms with van der Waals surface area (Å²) in [6.45, 7) is 5.13. The average Bonchev–Trinajstić information content (AvgIpc) is 3.08. The van der Waals surface area contributed by atoms with E-state index in [9.17, 15) is 0 Å². The fourth-order valence-corrected chi connectivity index (χ4v) is 3.45. The third-order valence-electron chi connectivity index (χ3n) is 3.36. The van der Waals surface area contributed by atoms with Gasteiger partial charge in [-0.3, -0.25) is 10.5 Å². The normalized spacial score (nSPS) is 12.6. The molecule has 0 aliphatic rings. The Morgan fingerprint density at radius 1 is 1.50 bits per heavy atom. The first-order chi connectivity index (χ1) is 9.76. The molecule has 1 atom stereocenters. The van der Waals surface area contributed by atoms with Crippen LogP contribution < -0.4 is 16.0 Å². The average molecular weight is 294 g/mol. The summed E-state index contributed by atoms with van der Waals surface area (Å²) in [5.41, 5.74) is 5.23. The van der Waals surface area contributed by atoms with Crippen LogP contribution in [0.3, 0.4) is 0 Å². The number of nitrogens with one attached hydrogen (secondary N) is 1. The van der Waals surface area contributed by atoms with Gasteiger partial charge in [-0.1, -0.05) is 13.8 Å². The maximum atomic E-state index is 5.83. The minimum absolute atomic E-state index is 0.0889. The maximum Gasteiger partial charge on any atom is 0.162 e. The minimum Gasteiger partial charge on any atom is -0.493 e. The molecule has 110 valence electrons. The lowest BCUT2D eigenvalue weighted by Gasteiger charge is -2.19. The topological polar surface area (TPSA) is 65.1 Å². The van der Waals surface area contributed by atoms with E-state index in [-0.39, 0.29) is 6.04 Å². The van der Waals surface area contributed by atoms with Crippen LogP contribution in [0.4, 0.5) is 0 Å². The lowest BCUT2D eigenvalue weighted by atomic mass is 10.1. The first-order valence-electron chi connectivity index (χ1n) is 6.88. The van der Waals surface area contributed by atoms with Crippen molar-refractivity contribution in [3.8, 4) is 5.75 Å². The molecule has 0 aliphatic carbocycles. The number of aryl methyl sites for hydroxylation is 2. The third-order valence-corrected chi connectivity index (χ3v) is 4.39. The van der Waals surface area contributed by atoms with E-state index in [4.69, 9.17) is 10.6 Å². The van der Waals surface area contributed by atoms with Crippen molar-refractivity contribution in [2.75, 3.05) is 7.11 Å². The van der Waals surface area contributed by atoms with Gasteiger partial charge in [-0.05, 0) is 29.9 Å². The molecule has 0 fully saturated rings. The summed E-state index contributed by atoms with van der Waals surface area (Å²) in [6, 6.07) is 2.06. The zero-order valence-corrected chi connectivity index (χ0v) is 13.0. The molecule has 3 N–H and O–H groups in total. The number of ether oxygens (including phenoxy) is 1. The van der Waals surface area contributed by atoms with E-state index >= 15 is 0 Å². The molecule has 0 saturated carbocycles. The van der Waals surface area contributed by atoms with E-state index in [2.05, 4.69) is 35.8 Å². The van der Waals surface area contributed by atoms with Gasteiger partial charge in [-0.2, -0.15) is 5.10 Å². The van der Waals surface area contributed by atoms with Crippen molar-refractivity contribution in [3.05, 3.63) is 33.8 Å². The number of rotatable bonds is 7. The molecule has 2 rings (SSSR count). The molecule has 0 aliphatic heterocycles. The predicted molar refractivity (Wildman–Crippen MR) is 81.9 cm³/mol. The van der Waals surface area contributed by atoms with Gasteiger partial charge in [-0.15, -0.1) is 11.3 Å². The van der Waals surface area contributed by atoms with Gasteiger partial charge in [0, 0.05) is 11.4 Å². The van der Waals surface area contributed by atoms with Crippen LogP contribution in [0.1, 0.15) is 42.4 Å². The monoisotopic (exact) mass is 294 g/mol. The fourth-order valence-electron chi connectivity index (χ4n) is 2.39. The lowest BCUT2D eigenvalue weighted by Crippen LogP contribution is -2.31. The summed E-state index contributed by atoms with van der Waals surface area (Å²) in [5, 5.41) is 6.51. The summed E-state index contributed by atoms with van der Waals surface area (Å²) in [5.74, 6) is 6.60. The number of methoxy groups -OCH3 is 1. The Morgan fingerprint density at radius 3 is 2.90 bits per heavy atom. The second kappa shape index (κ2) is 6.88. The van der Waals surface area contributed by atoms with Gasteiger partial charge in [0.2, 0.25) is 0 Å². The second-order valence-electron chi connectivity index (χ2n) is 4.58. The van der Waals surface area contributed by atoms with Crippen molar-refractivity contribution in [1.29, 1.82) is 0 Å². The van der Waals surface area contributed by atoms with Gasteiger partial charge in [0.1, 0.15) is 11.7 Å². The van der Waals surface area contributed by atoms with Crippen LogP contribution in [0.5, 0.6) is 5.75 Å². The van der Waals surface area contributed by atoms with E-state index < -0.39 is 0 Å². The van der Waals surface area contributed by atoms with Crippen LogP contribution in [0, 0.1) is 0 Å². The number of hydrogen-bond donors (Lipinski definition) is 2. The highest BCUT2D eigenvalue weighted by atomic mass is 32.1. The minimum atomic E-state index is -0.0889. The van der Waals surface area contributed by atoms with E-state index in [0.29, 0.717) is 0 Å². The first kappa shape index (κ1) is 15.0. The molecule has 0 aromatic carbocycles. The maximum absolute atomic E-state index is 5.83. The molecule has 0 spiro atoms. The van der Waals surface area contributed by atoms with Crippen LogP contribution in [-0.2, 0) is 13.0 Å². The summed E-state index contributed by atoms with van der Waals surface area (Å²) < 4.78 is 7.43. The van der Waals surface area contributed by atoms with Crippen molar-refractivity contribution < 1.29 is 4.74 Å². The standard InChI is InChI=1S/C14H22N4OS/c1-4-7-18-13(11(19-3)9-16-18)12(17-15)14-10(5-2)6-8-20-14/h6,8-9,12,17H,4-5,7,15H2,1-3H3. The quantitative estimate of drug-likeness (QED) is 0.608. The number of hydrazine groups is 1. The molecule has 0 saturated heterocycles. The van der Waals surface area contributed by atoms with Crippen molar-refractivity contribution >= 4 is 11.3 Å². The van der Waals surface area contributed by atoms with Crippen LogP contribution in [0.25, 0.3) is 0 Å². The summed E-state index contributed by atoms with van der Waals surface area (Å²) in [7, 11) is 1.67. The number of thiophene rings is 1. The van der Waals surface area contributed by atoms with E-state index in [1.165, 1.54) is 10.4 Å². The van der Waals surface area contributed by atoms with Crippen molar-refractivity contribution in [2.24, 2.45) is 5.84 Å². The first-order valence-corrected chi connectivity index (χ1v) is 7.76. The second-order valence-corrected chi connectivity index (χ2v) is 5.53. The Hall–Kier alpha value is -1.37. The molecule has 2 aromatic rings. The highest BCUT2D eigenvalue weighted by Crippen LogP contribution is 2.34. The van der Waals surface area contributed by atoms with Gasteiger partial charge in [-0.25, -0.2) is 5.43 Å². The summed E-state index contributed by atoms with van der Waals surface area (Å²) in [6.07, 6.45) is 3.76. The van der Waals surface area contributed by atoms with Crippen molar-refractivity contribution in [3.63, 3.8) is 0 Å². The zero-order chi connectivity index (χ0) is 14.5. The summed E-state index contributed by atoms with van der Waals surface area (Å²) >= 11 is 1.71. The van der Waals surface area contributed by atoms with Gasteiger partial charge in [0.05, 0.1) is 13.3 Å². The smallest absolute Gasteiger partial charge is 0.162 e. The van der Waals surface area contributed by atoms with Crippen LogP contribution >= 0.6 is 11.3 Å². The van der Waals surface area contributed by atoms with Gasteiger partial charge < -0.3 is 4.74 Å². The molecular weight excluding hydrogens is 272 g/mol. The predicted octanol–water partition coefficient (Wildman–Crippen LogP) is 2.48. The lowest BCUT2D eigenvalue weighted by molar-refractivity contribution is 0.398. The van der Waals surface area contributed by atoms with Crippen LogP contribution in [-0.4, -0.2) is 16.9 Å². The fraction of sp³-hybridized carbons (Fsp3) is 0.500. The number of hydrogen-bond acceptors (Lipinski definition) is 5. The molecule has 1 unspecified atom stereocenters. The van der Waals surface area contributed by atoms with E-state index in [1.54, 1.807) is 24.6 Å². The molecule has 0 amide bonds. The van der Waals surface area contributed by atoms with Crippen molar-refractivity contribution in [2.45, 2.75) is 39.3 Å². The van der Waals surface area contributed by atoms with Gasteiger partial charge in [0.15, 0.2) is 5.75 Å². The molecule has 0 radical (unpaired) electrons. The summed E-state index contributed by atoms with van der Waals surface area (Å²) in [4.78, 5) is 1.23. The van der Waals surface area contributed by atoms with Gasteiger partial charge in [0.25, 0.3) is 0 Å². The zero-order valence-electron chi connectivity index (χ0n) is 12.2. The Bertz CT molecular complexity index is 549.